The van der Waals surface area contributed by atoms with Crippen molar-refractivity contribution < 1.29 is 9.90 Å². The largest absolute Gasteiger partial charge is 0.478 e. The monoisotopic (exact) mass is 534 g/mol. The first kappa shape index (κ1) is 32.3. The Balaban J connectivity index is 1.86. The van der Waals surface area contributed by atoms with Gasteiger partial charge in [0.2, 0.25) is 0 Å². The molecule has 0 aromatic heterocycles. The van der Waals surface area contributed by atoms with Crippen LogP contribution in [0.25, 0.3) is 6.08 Å². The maximum Gasteiger partial charge on any atom is 0.335 e. The van der Waals surface area contributed by atoms with Crippen LogP contribution in [-0.2, 0) is 0 Å². The third kappa shape index (κ3) is 11.9. The highest BCUT2D eigenvalue weighted by Crippen LogP contribution is 2.40. The van der Waals surface area contributed by atoms with E-state index in [-0.39, 0.29) is 5.41 Å². The van der Waals surface area contributed by atoms with E-state index in [1.807, 2.05) is 37.3 Å². The van der Waals surface area contributed by atoms with Crippen LogP contribution < -0.4 is 0 Å². The molecule has 210 valence electrons. The van der Waals surface area contributed by atoms with Crippen molar-refractivity contribution in [3.05, 3.63) is 148 Å². The van der Waals surface area contributed by atoms with Crippen LogP contribution in [0.4, 0.5) is 0 Å². The molecule has 2 heteroatoms. The molecule has 0 atom stereocenters. The van der Waals surface area contributed by atoms with Crippen LogP contribution in [0.5, 0.6) is 0 Å². The van der Waals surface area contributed by atoms with Crippen LogP contribution in [0.2, 0.25) is 0 Å². The Morgan fingerprint density at radius 2 is 1.20 bits per heavy atom. The number of benzene rings is 1. The highest BCUT2D eigenvalue weighted by atomic mass is 16.4. The van der Waals surface area contributed by atoms with Gasteiger partial charge in [0.05, 0.1) is 5.56 Å². The predicted octanol–water partition coefficient (Wildman–Crippen LogP) is 10.9. The second kappa shape index (κ2) is 16.3. The maximum absolute atomic E-state index is 10.9. The summed E-state index contributed by atoms with van der Waals surface area (Å²) in [5.41, 5.74) is 9.28. The van der Waals surface area contributed by atoms with Gasteiger partial charge in [0.25, 0.3) is 0 Å². The van der Waals surface area contributed by atoms with Crippen LogP contribution in [-0.4, -0.2) is 11.1 Å². The molecule has 0 aliphatic heterocycles. The van der Waals surface area contributed by atoms with Gasteiger partial charge in [-0.25, -0.2) is 4.79 Å². The van der Waals surface area contributed by atoms with Crippen LogP contribution in [0, 0.1) is 5.41 Å². The first-order chi connectivity index (χ1) is 19.0. The van der Waals surface area contributed by atoms with E-state index in [4.69, 9.17) is 5.11 Å². The highest BCUT2D eigenvalue weighted by Gasteiger charge is 2.26. The van der Waals surface area contributed by atoms with E-state index in [1.54, 1.807) is 12.1 Å². The molecule has 0 heterocycles. The van der Waals surface area contributed by atoms with Gasteiger partial charge >= 0.3 is 5.97 Å². The van der Waals surface area contributed by atoms with Gasteiger partial charge in [-0.3, -0.25) is 0 Å². The van der Waals surface area contributed by atoms with E-state index in [2.05, 4.69) is 108 Å². The Kier molecular flexibility index (Phi) is 13.1. The quantitative estimate of drug-likeness (QED) is 0.287. The van der Waals surface area contributed by atoms with E-state index in [0.717, 1.165) is 16.7 Å². The molecule has 0 bridgehead atoms. The van der Waals surface area contributed by atoms with Crippen molar-refractivity contribution >= 4 is 12.0 Å². The summed E-state index contributed by atoms with van der Waals surface area (Å²) >= 11 is 0. The van der Waals surface area contributed by atoms with Gasteiger partial charge in [-0.15, -0.1) is 0 Å². The lowest BCUT2D eigenvalue weighted by Gasteiger charge is -2.32. The second-order valence-electron chi connectivity index (χ2n) is 11.3. The lowest BCUT2D eigenvalue weighted by molar-refractivity contribution is 0.0697. The molecular formula is C38H46O2. The number of hydrogen-bond acceptors (Lipinski definition) is 1. The summed E-state index contributed by atoms with van der Waals surface area (Å²) in [7, 11) is 0. The Labute approximate surface area is 242 Å². The molecule has 0 saturated heterocycles. The molecule has 1 aromatic rings. The Morgan fingerprint density at radius 1 is 0.725 bits per heavy atom. The number of hydrogen-bond donors (Lipinski definition) is 1. The standard InChI is InChI=1S/C38H46O2/c1-29(15-10-17-31(3)20-22-34-23-25-35(26-24-34)37(39)40)13-8-9-14-30(2)16-11-18-32(4)21-27-36-33(5)19-12-28-38(36,6)7/h8-11,13-18,20-27H,12,19,28H2,1-7H3,(H,39,40). The molecule has 0 spiro atoms. The van der Waals surface area contributed by atoms with E-state index < -0.39 is 5.97 Å². The van der Waals surface area contributed by atoms with Gasteiger partial charge < -0.3 is 5.11 Å². The van der Waals surface area contributed by atoms with Gasteiger partial charge in [-0.1, -0.05) is 139 Å². The van der Waals surface area contributed by atoms with Crippen LogP contribution >= 0.6 is 0 Å². The van der Waals surface area contributed by atoms with Crippen LogP contribution in [0.1, 0.15) is 83.7 Å². The van der Waals surface area contributed by atoms with Crippen molar-refractivity contribution in [1.82, 2.24) is 0 Å². The summed E-state index contributed by atoms with van der Waals surface area (Å²) in [4.78, 5) is 10.9. The van der Waals surface area contributed by atoms with Crippen molar-refractivity contribution in [2.24, 2.45) is 5.41 Å². The average Bonchev–Trinajstić information content (AvgIpc) is 2.89. The number of carboxylic acids is 1. The predicted molar refractivity (Wildman–Crippen MR) is 174 cm³/mol. The molecule has 0 unspecified atom stereocenters. The smallest absolute Gasteiger partial charge is 0.335 e. The first-order valence-electron chi connectivity index (χ1n) is 14.1. The third-order valence-corrected chi connectivity index (χ3v) is 7.02. The zero-order valence-corrected chi connectivity index (χ0v) is 25.4. The fourth-order valence-electron chi connectivity index (χ4n) is 4.53. The van der Waals surface area contributed by atoms with Crippen molar-refractivity contribution in [2.75, 3.05) is 0 Å². The maximum atomic E-state index is 10.9. The molecule has 1 aromatic carbocycles. The highest BCUT2D eigenvalue weighted by molar-refractivity contribution is 5.87. The summed E-state index contributed by atoms with van der Waals surface area (Å²) in [6.45, 7) is 15.4. The number of carbonyl (C=O) groups is 1. The number of carboxylic acid groups (broad SMARTS) is 1. The van der Waals surface area contributed by atoms with Gasteiger partial charge in [-0.2, -0.15) is 0 Å². The van der Waals surface area contributed by atoms with Crippen molar-refractivity contribution in [2.45, 2.75) is 67.7 Å². The number of rotatable bonds is 11. The summed E-state index contributed by atoms with van der Waals surface area (Å²) in [5.74, 6) is -0.910. The molecule has 1 N–H and O–H groups in total. The normalized spacial score (nSPS) is 18.0. The third-order valence-electron chi connectivity index (χ3n) is 7.02. The molecule has 1 aliphatic rings. The molecule has 0 radical (unpaired) electrons. The molecule has 40 heavy (non-hydrogen) atoms. The number of allylic oxidation sites excluding steroid dienone is 19. The van der Waals surface area contributed by atoms with Crippen LogP contribution in [0.15, 0.2) is 137 Å². The Hall–Kier alpha value is -3.91. The van der Waals surface area contributed by atoms with Crippen molar-refractivity contribution in [3.63, 3.8) is 0 Å². The van der Waals surface area contributed by atoms with Gasteiger partial charge in [0, 0.05) is 0 Å². The van der Waals surface area contributed by atoms with Crippen molar-refractivity contribution in [1.29, 1.82) is 0 Å². The summed E-state index contributed by atoms with van der Waals surface area (Å²) in [5, 5.41) is 8.99. The molecular weight excluding hydrogens is 488 g/mol. The topological polar surface area (TPSA) is 37.3 Å². The van der Waals surface area contributed by atoms with E-state index >= 15 is 0 Å². The van der Waals surface area contributed by atoms with Gasteiger partial charge in [0.1, 0.15) is 0 Å². The SMILES string of the molecule is CC(C=CC=C(C)C=CC1=C(C)CCCC1(C)C)=CC=CC=C(C)C=CC=C(C)C=Cc1ccc(C(=O)O)cc1. The molecule has 2 rings (SSSR count). The first-order valence-corrected chi connectivity index (χ1v) is 14.1. The lowest BCUT2D eigenvalue weighted by Crippen LogP contribution is -2.19. The lowest BCUT2D eigenvalue weighted by atomic mass is 9.72. The van der Waals surface area contributed by atoms with E-state index in [9.17, 15) is 4.79 Å². The number of aromatic carboxylic acids is 1. The fourth-order valence-corrected chi connectivity index (χ4v) is 4.53. The Morgan fingerprint density at radius 3 is 1.70 bits per heavy atom. The van der Waals surface area contributed by atoms with Crippen LogP contribution in [0.3, 0.4) is 0 Å². The summed E-state index contributed by atoms with van der Waals surface area (Å²) < 4.78 is 0. The van der Waals surface area contributed by atoms with E-state index in [0.29, 0.717) is 5.56 Å². The molecule has 0 fully saturated rings. The molecule has 0 amide bonds. The summed E-state index contributed by atoms with van der Waals surface area (Å²) in [6, 6.07) is 6.84. The minimum atomic E-state index is -0.910. The minimum Gasteiger partial charge on any atom is -0.478 e. The van der Waals surface area contributed by atoms with E-state index in [1.165, 1.54) is 41.6 Å². The Bertz CT molecular complexity index is 1320. The zero-order valence-electron chi connectivity index (χ0n) is 25.4. The minimum absolute atomic E-state index is 0.275. The van der Waals surface area contributed by atoms with Gasteiger partial charge in [0.15, 0.2) is 0 Å². The fraction of sp³-hybridized carbons (Fsp3) is 0.289. The van der Waals surface area contributed by atoms with Gasteiger partial charge in [-0.05, 0) is 82.6 Å². The second-order valence-corrected chi connectivity index (χ2v) is 11.3. The zero-order chi connectivity index (χ0) is 29.5. The molecule has 0 saturated carbocycles. The average molecular weight is 535 g/mol. The summed E-state index contributed by atoms with van der Waals surface area (Å²) in [6.07, 6.45) is 33.2. The molecule has 1 aliphatic carbocycles. The van der Waals surface area contributed by atoms with Crippen molar-refractivity contribution in [3.8, 4) is 0 Å². The molecule has 2 nitrogen and oxygen atoms in total.